The number of aliphatic hydroxyl groups excluding tert-OH is 5. The molecule has 3 aromatic rings. The Morgan fingerprint density at radius 3 is 2.33 bits per heavy atom. The fourth-order valence-electron chi connectivity index (χ4n) is 7.24. The summed E-state index contributed by atoms with van der Waals surface area (Å²) in [5.41, 5.74) is 4.40. The van der Waals surface area contributed by atoms with Gasteiger partial charge in [-0.1, -0.05) is 41.4 Å². The predicted molar refractivity (Wildman–Crippen MR) is 215 cm³/mol. The molecule has 2 heterocycles. The van der Waals surface area contributed by atoms with E-state index in [1.165, 1.54) is 11.9 Å². The van der Waals surface area contributed by atoms with Gasteiger partial charge in [-0.25, -0.2) is 4.79 Å². The number of carbonyl (C=O) groups excluding carboxylic acids is 2. The van der Waals surface area contributed by atoms with Crippen LogP contribution in [0.5, 0.6) is 5.75 Å². The first-order valence-corrected chi connectivity index (χ1v) is 20.6. The van der Waals surface area contributed by atoms with Crippen LogP contribution in [0.2, 0.25) is 10.0 Å². The summed E-state index contributed by atoms with van der Waals surface area (Å²) >= 11 is 13.5. The van der Waals surface area contributed by atoms with Crippen LogP contribution in [0.1, 0.15) is 74.5 Å². The number of carbonyl (C=O) groups is 2. The monoisotopic (exact) mass is 828 g/mol. The van der Waals surface area contributed by atoms with Gasteiger partial charge in [0, 0.05) is 66.2 Å². The molecule has 6 N–H and O–H groups in total. The molecule has 0 unspecified atom stereocenters. The zero-order valence-corrected chi connectivity index (χ0v) is 33.7. The number of nitrogens with zero attached hydrogens (tertiary/aromatic N) is 3. The van der Waals surface area contributed by atoms with Crippen molar-refractivity contribution < 1.29 is 44.6 Å². The van der Waals surface area contributed by atoms with E-state index in [0.717, 1.165) is 65.7 Å². The third-order valence-corrected chi connectivity index (χ3v) is 11.8. The first kappa shape index (κ1) is 43.1. The van der Waals surface area contributed by atoms with Crippen molar-refractivity contribution >= 4 is 35.1 Å². The summed E-state index contributed by atoms with van der Waals surface area (Å²) in [5.74, 6) is 0.933. The number of aromatic nitrogens is 1. The Balaban J connectivity index is 0.923. The van der Waals surface area contributed by atoms with E-state index in [0.29, 0.717) is 61.8 Å². The van der Waals surface area contributed by atoms with E-state index < -0.39 is 42.7 Å². The molecule has 13 nitrogen and oxygen atoms in total. The van der Waals surface area contributed by atoms with Crippen LogP contribution in [0, 0.1) is 0 Å². The van der Waals surface area contributed by atoms with Gasteiger partial charge in [0.15, 0.2) is 0 Å². The summed E-state index contributed by atoms with van der Waals surface area (Å²) in [6.07, 6.45) is 4.84. The highest BCUT2D eigenvalue weighted by molar-refractivity contribution is 6.34. The molecule has 6 rings (SSSR count). The Kier molecular flexibility index (Phi) is 14.7. The number of nitrogens with one attached hydrogen (secondary N) is 1. The van der Waals surface area contributed by atoms with E-state index in [1.54, 1.807) is 11.1 Å². The van der Waals surface area contributed by atoms with Crippen LogP contribution >= 0.6 is 23.2 Å². The summed E-state index contributed by atoms with van der Waals surface area (Å²) in [6.45, 7) is 0.196. The number of ether oxygens (including phenoxy) is 2. The van der Waals surface area contributed by atoms with E-state index in [4.69, 9.17) is 37.8 Å². The van der Waals surface area contributed by atoms with Crippen LogP contribution in [0.4, 0.5) is 4.79 Å². The van der Waals surface area contributed by atoms with Gasteiger partial charge in [-0.05, 0) is 98.7 Å². The van der Waals surface area contributed by atoms with Gasteiger partial charge in [0.05, 0.1) is 31.5 Å². The molecule has 57 heavy (non-hydrogen) atoms. The number of para-hydroxylation sites is 1. The number of aryl methyl sites for hydroxylation is 1. The molecule has 1 aliphatic heterocycles. The average molecular weight is 830 g/mol. The molecular weight excluding hydrogens is 775 g/mol. The Hall–Kier alpha value is -3.53. The lowest BCUT2D eigenvalue weighted by atomic mass is 9.96. The fourth-order valence-corrected chi connectivity index (χ4v) is 7.77. The van der Waals surface area contributed by atoms with Crippen molar-refractivity contribution in [2.75, 3.05) is 33.3 Å². The number of hydrogen-bond donors (Lipinski definition) is 6. The van der Waals surface area contributed by atoms with Crippen molar-refractivity contribution in [1.82, 2.24) is 20.1 Å². The number of amides is 3. The van der Waals surface area contributed by atoms with Gasteiger partial charge in [-0.15, -0.1) is 0 Å². The number of unbranched alkanes of at least 4 members (excludes halogenated alkanes) is 1. The quantitative estimate of drug-likeness (QED) is 0.0936. The number of pyridine rings is 1. The van der Waals surface area contributed by atoms with Gasteiger partial charge in [0.1, 0.15) is 30.2 Å². The highest BCUT2D eigenvalue weighted by Gasteiger charge is 2.48. The number of aliphatic hydroxyl groups is 5. The minimum atomic E-state index is -1.77. The number of piperidine rings is 1. The number of likely N-dealkylation sites (tertiary alicyclic amines) is 1. The molecule has 0 bridgehead atoms. The molecule has 2 aromatic carbocycles. The summed E-state index contributed by atoms with van der Waals surface area (Å²) in [4.78, 5) is 33.1. The van der Waals surface area contributed by atoms with Gasteiger partial charge in [-0.3, -0.25) is 9.78 Å². The first-order valence-electron chi connectivity index (χ1n) is 19.8. The molecule has 15 heteroatoms. The van der Waals surface area contributed by atoms with Gasteiger partial charge in [0.2, 0.25) is 5.91 Å². The van der Waals surface area contributed by atoms with Gasteiger partial charge in [0.25, 0.3) is 0 Å². The SMILES string of the molecule is CN(C[C@H](O)[C@@H](O)[C@H](O)[C@H](O)CO)C(=O)NC1CCN(C(=O)CCCCc2cc(Cl)c(COC3(c4cnccc4-c4ccccc4OC4CC4)CC3)cc2Cl)CC1. The van der Waals surface area contributed by atoms with Crippen LogP contribution in [-0.2, 0) is 28.2 Å². The molecule has 2 aliphatic carbocycles. The predicted octanol–water partition coefficient (Wildman–Crippen LogP) is 4.58. The van der Waals surface area contributed by atoms with Gasteiger partial charge >= 0.3 is 6.03 Å². The molecule has 1 aromatic heterocycles. The van der Waals surface area contributed by atoms with Crippen molar-refractivity contribution in [3.63, 3.8) is 0 Å². The van der Waals surface area contributed by atoms with Crippen molar-refractivity contribution in [1.29, 1.82) is 0 Å². The molecule has 310 valence electrons. The molecule has 3 fully saturated rings. The second-order valence-corrected chi connectivity index (χ2v) is 16.4. The van der Waals surface area contributed by atoms with Crippen molar-refractivity contribution in [2.45, 2.75) is 113 Å². The normalized spacial score (nSPS) is 18.7. The van der Waals surface area contributed by atoms with Crippen LogP contribution < -0.4 is 10.1 Å². The maximum Gasteiger partial charge on any atom is 0.317 e. The zero-order valence-electron chi connectivity index (χ0n) is 32.2. The molecule has 3 amide bonds. The topological polar surface area (TPSA) is 185 Å². The number of likely N-dealkylation sites (N-methyl/N-ethyl adjacent to an activating group) is 1. The standard InChI is InChI=1S/C42H54Cl2N4O9/c1-47(23-35(50)39(53)40(54)36(51)24-49)41(55)46-28-13-18-48(19-14-28)38(52)9-5-2-6-26-20-34(44)27(21-33(26)43)25-56-42(15-16-42)32-22-45-17-12-30(32)31-7-3-4-8-37(31)57-29-10-11-29/h3-4,7-8,12,17,20-22,28-29,35-36,39-40,49-51,53-54H,2,5-6,9-11,13-16,18-19,23-25H2,1H3,(H,46,55)/t35-,36+,39+,40+/m0/s1. The minimum absolute atomic E-state index is 0.0546. The lowest BCUT2D eigenvalue weighted by molar-refractivity contribution is -0.132. The van der Waals surface area contributed by atoms with E-state index in [1.807, 2.05) is 42.6 Å². The number of benzene rings is 2. The lowest BCUT2D eigenvalue weighted by Crippen LogP contribution is -2.53. The van der Waals surface area contributed by atoms with Crippen LogP contribution in [-0.4, -0.2) is 122 Å². The summed E-state index contributed by atoms with van der Waals surface area (Å²) in [5, 5.41) is 52.6. The largest absolute Gasteiger partial charge is 0.490 e. The molecule has 1 saturated heterocycles. The number of urea groups is 1. The Labute approximate surface area is 343 Å². The summed E-state index contributed by atoms with van der Waals surface area (Å²) in [6, 6.07) is 13.3. The second-order valence-electron chi connectivity index (χ2n) is 15.5. The number of halogens is 2. The highest BCUT2D eigenvalue weighted by atomic mass is 35.5. The first-order chi connectivity index (χ1) is 27.4. The maximum atomic E-state index is 13.0. The smallest absolute Gasteiger partial charge is 0.317 e. The van der Waals surface area contributed by atoms with Crippen LogP contribution in [0.3, 0.4) is 0 Å². The third kappa shape index (κ3) is 11.2. The van der Waals surface area contributed by atoms with E-state index in [9.17, 15) is 30.0 Å². The molecule has 0 spiro atoms. The lowest BCUT2D eigenvalue weighted by Gasteiger charge is -2.34. The van der Waals surface area contributed by atoms with Crippen molar-refractivity contribution in [3.05, 3.63) is 81.6 Å². The molecule has 4 atom stereocenters. The molecular formula is C42H54Cl2N4O9. The second kappa shape index (κ2) is 19.5. The van der Waals surface area contributed by atoms with E-state index >= 15 is 0 Å². The average Bonchev–Trinajstić information content (AvgIpc) is 4.17. The molecule has 3 aliphatic rings. The maximum absolute atomic E-state index is 13.0. The van der Waals surface area contributed by atoms with E-state index in [-0.39, 0.29) is 24.6 Å². The van der Waals surface area contributed by atoms with Gasteiger partial charge < -0.3 is 50.1 Å². The molecule has 0 radical (unpaired) electrons. The van der Waals surface area contributed by atoms with Gasteiger partial charge in [-0.2, -0.15) is 0 Å². The Bertz CT molecular complexity index is 1840. The van der Waals surface area contributed by atoms with Crippen molar-refractivity contribution in [2.24, 2.45) is 0 Å². The molecule has 2 saturated carbocycles. The van der Waals surface area contributed by atoms with E-state index in [2.05, 4.69) is 16.4 Å². The minimum Gasteiger partial charge on any atom is -0.490 e. The zero-order chi connectivity index (χ0) is 40.7. The fraction of sp³-hybridized carbons (Fsp3) is 0.548. The number of hydrogen-bond acceptors (Lipinski definition) is 10. The number of rotatable bonds is 19. The van der Waals surface area contributed by atoms with Crippen LogP contribution in [0.25, 0.3) is 11.1 Å². The summed E-state index contributed by atoms with van der Waals surface area (Å²) in [7, 11) is 1.43. The highest BCUT2D eigenvalue weighted by Crippen LogP contribution is 2.53. The Morgan fingerprint density at radius 2 is 1.63 bits per heavy atom. The summed E-state index contributed by atoms with van der Waals surface area (Å²) < 4.78 is 12.9. The third-order valence-electron chi connectivity index (χ3n) is 11.1. The van der Waals surface area contributed by atoms with Crippen molar-refractivity contribution in [3.8, 4) is 16.9 Å². The van der Waals surface area contributed by atoms with Crippen LogP contribution in [0.15, 0.2) is 54.9 Å². The Morgan fingerprint density at radius 1 is 0.947 bits per heavy atom.